The SMILES string of the molecule is COc1ccc(Cn2c(=O)c3ccccc3n3c(-c4ccc(OC)c(OC)c4)nnc23)cc1. The van der Waals surface area contributed by atoms with Gasteiger partial charge in [-0.15, -0.1) is 10.2 Å². The van der Waals surface area contributed by atoms with E-state index in [4.69, 9.17) is 14.2 Å². The lowest BCUT2D eigenvalue weighted by Gasteiger charge is -2.13. The topological polar surface area (TPSA) is 79.9 Å². The summed E-state index contributed by atoms with van der Waals surface area (Å²) in [7, 11) is 4.80. The molecular formula is C25H22N4O4. The van der Waals surface area contributed by atoms with Crippen molar-refractivity contribution in [1.82, 2.24) is 19.2 Å². The summed E-state index contributed by atoms with van der Waals surface area (Å²) < 4.78 is 19.6. The van der Waals surface area contributed by atoms with Crippen molar-refractivity contribution < 1.29 is 14.2 Å². The number of nitrogens with zero attached hydrogens (tertiary/aromatic N) is 4. The van der Waals surface area contributed by atoms with Gasteiger partial charge < -0.3 is 14.2 Å². The highest BCUT2D eigenvalue weighted by Gasteiger charge is 2.19. The van der Waals surface area contributed by atoms with Crippen molar-refractivity contribution >= 4 is 16.7 Å². The second-order valence-electron chi connectivity index (χ2n) is 7.49. The molecule has 0 unspecified atom stereocenters. The number of para-hydroxylation sites is 1. The average molecular weight is 442 g/mol. The zero-order valence-electron chi connectivity index (χ0n) is 18.5. The van der Waals surface area contributed by atoms with E-state index in [0.29, 0.717) is 35.0 Å². The average Bonchev–Trinajstić information content (AvgIpc) is 3.31. The fourth-order valence-corrected chi connectivity index (χ4v) is 3.98. The maximum Gasteiger partial charge on any atom is 0.263 e. The van der Waals surface area contributed by atoms with Crippen LogP contribution in [0.15, 0.2) is 71.5 Å². The molecule has 33 heavy (non-hydrogen) atoms. The lowest BCUT2D eigenvalue weighted by atomic mass is 10.1. The quantitative estimate of drug-likeness (QED) is 0.398. The summed E-state index contributed by atoms with van der Waals surface area (Å²) in [6.45, 7) is 0.348. The highest BCUT2D eigenvalue weighted by molar-refractivity contribution is 5.82. The Kier molecular flexibility index (Phi) is 5.18. The van der Waals surface area contributed by atoms with E-state index < -0.39 is 0 Å². The van der Waals surface area contributed by atoms with Gasteiger partial charge in [0.2, 0.25) is 5.78 Å². The van der Waals surface area contributed by atoms with Gasteiger partial charge in [-0.05, 0) is 48.0 Å². The van der Waals surface area contributed by atoms with Crippen LogP contribution in [0, 0.1) is 0 Å². The Labute approximate surface area is 189 Å². The molecule has 0 aliphatic carbocycles. The molecule has 0 saturated carbocycles. The molecule has 2 heterocycles. The summed E-state index contributed by atoms with van der Waals surface area (Å²) in [5, 5.41) is 9.45. The summed E-state index contributed by atoms with van der Waals surface area (Å²) in [5.41, 5.74) is 2.35. The molecule has 166 valence electrons. The van der Waals surface area contributed by atoms with Gasteiger partial charge >= 0.3 is 0 Å². The second-order valence-corrected chi connectivity index (χ2v) is 7.49. The Morgan fingerprint density at radius 2 is 1.58 bits per heavy atom. The first-order chi connectivity index (χ1) is 16.1. The van der Waals surface area contributed by atoms with Gasteiger partial charge in [0.15, 0.2) is 17.3 Å². The number of aromatic nitrogens is 4. The van der Waals surface area contributed by atoms with Gasteiger partial charge in [-0.25, -0.2) is 0 Å². The smallest absolute Gasteiger partial charge is 0.263 e. The van der Waals surface area contributed by atoms with Crippen molar-refractivity contribution in [3.63, 3.8) is 0 Å². The van der Waals surface area contributed by atoms with E-state index in [1.165, 1.54) is 0 Å². The third-order valence-corrected chi connectivity index (χ3v) is 5.65. The number of methoxy groups -OCH3 is 3. The summed E-state index contributed by atoms with van der Waals surface area (Å²) in [6, 6.07) is 20.6. The number of benzene rings is 3. The first kappa shape index (κ1) is 20.6. The summed E-state index contributed by atoms with van der Waals surface area (Å²) in [4.78, 5) is 13.4. The molecule has 0 fully saturated rings. The molecule has 2 aromatic heterocycles. The number of ether oxygens (including phenoxy) is 3. The molecule has 0 aliphatic heterocycles. The Hall–Kier alpha value is -4.33. The van der Waals surface area contributed by atoms with E-state index >= 15 is 0 Å². The van der Waals surface area contributed by atoms with E-state index in [9.17, 15) is 4.79 Å². The molecule has 0 spiro atoms. The van der Waals surface area contributed by atoms with E-state index in [-0.39, 0.29) is 5.56 Å². The van der Waals surface area contributed by atoms with Gasteiger partial charge in [-0.2, -0.15) is 0 Å². The molecule has 0 saturated heterocycles. The molecule has 5 rings (SSSR count). The van der Waals surface area contributed by atoms with Gasteiger partial charge in [0, 0.05) is 5.56 Å². The highest BCUT2D eigenvalue weighted by Crippen LogP contribution is 2.32. The largest absolute Gasteiger partial charge is 0.497 e. The predicted octanol–water partition coefficient (Wildman–Crippen LogP) is 3.79. The van der Waals surface area contributed by atoms with Crippen LogP contribution in [-0.2, 0) is 6.54 Å². The first-order valence-electron chi connectivity index (χ1n) is 10.4. The van der Waals surface area contributed by atoms with Crippen LogP contribution in [-0.4, -0.2) is 40.5 Å². The van der Waals surface area contributed by atoms with Crippen LogP contribution >= 0.6 is 0 Å². The van der Waals surface area contributed by atoms with Crippen molar-refractivity contribution in [2.75, 3.05) is 21.3 Å². The molecular weight excluding hydrogens is 420 g/mol. The van der Waals surface area contributed by atoms with E-state index in [2.05, 4.69) is 10.2 Å². The van der Waals surface area contributed by atoms with Gasteiger partial charge in [0.1, 0.15) is 5.75 Å². The van der Waals surface area contributed by atoms with Gasteiger partial charge in [0.25, 0.3) is 5.56 Å². The van der Waals surface area contributed by atoms with Crippen molar-refractivity contribution in [2.45, 2.75) is 6.54 Å². The minimum Gasteiger partial charge on any atom is -0.497 e. The molecule has 8 heteroatoms. The Balaban J connectivity index is 1.75. The highest BCUT2D eigenvalue weighted by atomic mass is 16.5. The Morgan fingerprint density at radius 1 is 0.818 bits per heavy atom. The lowest BCUT2D eigenvalue weighted by molar-refractivity contribution is 0.355. The standard InChI is InChI=1S/C25H22N4O4/c1-31-18-11-8-16(9-12-18)15-28-24(30)19-6-4-5-7-20(19)29-23(26-27-25(28)29)17-10-13-21(32-2)22(14-17)33-3/h4-14H,15H2,1-3H3. The van der Waals surface area contributed by atoms with Crippen molar-refractivity contribution in [3.05, 3.63) is 82.6 Å². The fourth-order valence-electron chi connectivity index (χ4n) is 3.98. The normalized spacial score (nSPS) is 11.1. The number of rotatable bonds is 6. The number of hydrogen-bond acceptors (Lipinski definition) is 6. The molecule has 0 radical (unpaired) electrons. The van der Waals surface area contributed by atoms with E-state index in [1.54, 1.807) is 25.9 Å². The van der Waals surface area contributed by atoms with E-state index in [0.717, 1.165) is 22.4 Å². The third-order valence-electron chi connectivity index (χ3n) is 5.65. The molecule has 0 N–H and O–H groups in total. The van der Waals surface area contributed by atoms with Gasteiger partial charge in [0.05, 0.1) is 38.8 Å². The minimum atomic E-state index is -0.125. The van der Waals surface area contributed by atoms with Crippen LogP contribution in [0.4, 0.5) is 0 Å². The maximum atomic E-state index is 13.4. The number of fused-ring (bicyclic) bond motifs is 3. The number of hydrogen-bond donors (Lipinski definition) is 0. The maximum absolute atomic E-state index is 13.4. The van der Waals surface area contributed by atoms with Crippen LogP contribution < -0.4 is 19.8 Å². The molecule has 3 aromatic carbocycles. The molecule has 0 amide bonds. The minimum absolute atomic E-state index is 0.125. The molecule has 0 atom stereocenters. The van der Waals surface area contributed by atoms with Crippen molar-refractivity contribution in [2.24, 2.45) is 0 Å². The molecule has 8 nitrogen and oxygen atoms in total. The molecule has 5 aromatic rings. The molecule has 0 aliphatic rings. The predicted molar refractivity (Wildman–Crippen MR) is 125 cm³/mol. The van der Waals surface area contributed by atoms with Crippen molar-refractivity contribution in [1.29, 1.82) is 0 Å². The lowest BCUT2D eigenvalue weighted by Crippen LogP contribution is -2.24. The second kappa shape index (κ2) is 8.31. The van der Waals surface area contributed by atoms with Gasteiger partial charge in [-0.3, -0.25) is 13.8 Å². The van der Waals surface area contributed by atoms with Crippen LogP contribution in [0.2, 0.25) is 0 Å². The van der Waals surface area contributed by atoms with Crippen LogP contribution in [0.5, 0.6) is 17.2 Å². The monoisotopic (exact) mass is 442 g/mol. The van der Waals surface area contributed by atoms with Crippen LogP contribution in [0.25, 0.3) is 28.1 Å². The van der Waals surface area contributed by atoms with E-state index in [1.807, 2.05) is 71.1 Å². The molecule has 0 bridgehead atoms. The first-order valence-corrected chi connectivity index (χ1v) is 10.4. The van der Waals surface area contributed by atoms with Crippen LogP contribution in [0.3, 0.4) is 0 Å². The zero-order valence-corrected chi connectivity index (χ0v) is 18.5. The zero-order chi connectivity index (χ0) is 22.9. The summed E-state index contributed by atoms with van der Waals surface area (Å²) >= 11 is 0. The third kappa shape index (κ3) is 3.45. The summed E-state index contributed by atoms with van der Waals surface area (Å²) in [5.74, 6) is 3.02. The fraction of sp³-hybridized carbons (Fsp3) is 0.160. The Morgan fingerprint density at radius 3 is 2.30 bits per heavy atom. The van der Waals surface area contributed by atoms with Crippen molar-refractivity contribution in [3.8, 4) is 28.6 Å². The van der Waals surface area contributed by atoms with Crippen LogP contribution in [0.1, 0.15) is 5.56 Å². The Bertz CT molecular complexity index is 1520. The summed E-state index contributed by atoms with van der Waals surface area (Å²) in [6.07, 6.45) is 0. The van der Waals surface area contributed by atoms with Gasteiger partial charge in [-0.1, -0.05) is 24.3 Å².